The summed E-state index contributed by atoms with van der Waals surface area (Å²) in [6.07, 6.45) is 0. The van der Waals surface area contributed by atoms with Crippen molar-refractivity contribution in [1.82, 2.24) is 0 Å². The average molecular weight is 192 g/mol. The molecule has 2 rings (SSSR count). The van der Waals surface area contributed by atoms with Gasteiger partial charge in [-0.1, -0.05) is 12.1 Å². The summed E-state index contributed by atoms with van der Waals surface area (Å²) in [5, 5.41) is 3.50. The molecule has 0 saturated carbocycles. The molecule has 0 N–H and O–H groups in total. The minimum atomic E-state index is 0.706. The summed E-state index contributed by atoms with van der Waals surface area (Å²) in [4.78, 5) is 0. The first-order valence-corrected chi connectivity index (χ1v) is 5.15. The molecule has 0 radical (unpaired) electrons. The number of hydrogen-bond acceptors (Lipinski definition) is 2. The van der Waals surface area contributed by atoms with Gasteiger partial charge in [0.15, 0.2) is 0 Å². The molecule has 0 saturated heterocycles. The van der Waals surface area contributed by atoms with E-state index in [9.17, 15) is 0 Å². The first kappa shape index (κ1) is 8.73. The predicted octanol–water partition coefficient (Wildman–Crippen LogP) is 3.36. The number of hydrogen-bond donors (Lipinski definition) is 0. The SMILES string of the molecule is COCc1ccc(C)c2ccsc12. The van der Waals surface area contributed by atoms with E-state index in [1.165, 1.54) is 21.2 Å². The van der Waals surface area contributed by atoms with Crippen LogP contribution < -0.4 is 0 Å². The van der Waals surface area contributed by atoms with Crippen LogP contribution in [-0.4, -0.2) is 7.11 Å². The zero-order chi connectivity index (χ0) is 9.26. The van der Waals surface area contributed by atoms with Crippen LogP contribution in [0.25, 0.3) is 10.1 Å². The van der Waals surface area contributed by atoms with Crippen LogP contribution in [0.15, 0.2) is 23.6 Å². The third-order valence-corrected chi connectivity index (χ3v) is 3.21. The first-order chi connectivity index (χ1) is 6.33. The largest absolute Gasteiger partial charge is 0.380 e. The van der Waals surface area contributed by atoms with E-state index in [2.05, 4.69) is 30.5 Å². The van der Waals surface area contributed by atoms with Gasteiger partial charge >= 0.3 is 0 Å². The van der Waals surface area contributed by atoms with E-state index >= 15 is 0 Å². The number of ether oxygens (including phenoxy) is 1. The van der Waals surface area contributed by atoms with Gasteiger partial charge in [0, 0.05) is 11.8 Å². The van der Waals surface area contributed by atoms with Crippen molar-refractivity contribution in [3.63, 3.8) is 0 Å². The van der Waals surface area contributed by atoms with Crippen molar-refractivity contribution in [3.05, 3.63) is 34.7 Å². The van der Waals surface area contributed by atoms with Crippen LogP contribution in [0, 0.1) is 6.92 Å². The monoisotopic (exact) mass is 192 g/mol. The molecule has 0 bridgehead atoms. The second-order valence-corrected chi connectivity index (χ2v) is 4.05. The van der Waals surface area contributed by atoms with E-state index in [0.717, 1.165) is 0 Å². The normalized spacial score (nSPS) is 10.9. The Kier molecular flexibility index (Phi) is 2.34. The number of aryl methyl sites for hydroxylation is 1. The van der Waals surface area contributed by atoms with Crippen LogP contribution in [-0.2, 0) is 11.3 Å². The second kappa shape index (κ2) is 3.48. The van der Waals surface area contributed by atoms with Crippen molar-refractivity contribution in [2.75, 3.05) is 7.11 Å². The van der Waals surface area contributed by atoms with Crippen molar-refractivity contribution in [2.24, 2.45) is 0 Å². The van der Waals surface area contributed by atoms with Crippen molar-refractivity contribution < 1.29 is 4.74 Å². The fourth-order valence-electron chi connectivity index (χ4n) is 1.53. The molecule has 0 unspecified atom stereocenters. The highest BCUT2D eigenvalue weighted by Crippen LogP contribution is 2.27. The van der Waals surface area contributed by atoms with E-state index < -0.39 is 0 Å². The standard InChI is InChI=1S/C11H12OS/c1-8-3-4-9(7-12-2)11-10(8)5-6-13-11/h3-6H,7H2,1-2H3. The summed E-state index contributed by atoms with van der Waals surface area (Å²) in [5.41, 5.74) is 2.63. The Morgan fingerprint density at radius 1 is 1.31 bits per heavy atom. The number of thiophene rings is 1. The maximum absolute atomic E-state index is 5.15. The fourth-order valence-corrected chi connectivity index (χ4v) is 2.50. The molecule has 1 nitrogen and oxygen atoms in total. The van der Waals surface area contributed by atoms with Crippen molar-refractivity contribution in [2.45, 2.75) is 13.5 Å². The van der Waals surface area contributed by atoms with Gasteiger partial charge in [-0.3, -0.25) is 0 Å². The van der Waals surface area contributed by atoms with Crippen molar-refractivity contribution in [1.29, 1.82) is 0 Å². The number of rotatable bonds is 2. The molecule has 1 aromatic heterocycles. The number of methoxy groups -OCH3 is 1. The predicted molar refractivity (Wildman–Crippen MR) is 57.3 cm³/mol. The molecular weight excluding hydrogens is 180 g/mol. The van der Waals surface area contributed by atoms with Gasteiger partial charge in [0.05, 0.1) is 6.61 Å². The van der Waals surface area contributed by atoms with Gasteiger partial charge in [0.1, 0.15) is 0 Å². The van der Waals surface area contributed by atoms with E-state index in [-0.39, 0.29) is 0 Å². The molecule has 1 aromatic carbocycles. The van der Waals surface area contributed by atoms with Gasteiger partial charge in [-0.25, -0.2) is 0 Å². The van der Waals surface area contributed by atoms with Crippen LogP contribution in [0.4, 0.5) is 0 Å². The topological polar surface area (TPSA) is 9.23 Å². The smallest absolute Gasteiger partial charge is 0.0727 e. The van der Waals surface area contributed by atoms with E-state index in [0.29, 0.717) is 6.61 Å². The Morgan fingerprint density at radius 3 is 2.92 bits per heavy atom. The second-order valence-electron chi connectivity index (χ2n) is 3.14. The van der Waals surface area contributed by atoms with E-state index in [4.69, 9.17) is 4.74 Å². The minimum Gasteiger partial charge on any atom is -0.380 e. The van der Waals surface area contributed by atoms with Gasteiger partial charge < -0.3 is 4.74 Å². The molecular formula is C11H12OS. The molecule has 0 atom stereocenters. The van der Waals surface area contributed by atoms with Crippen molar-refractivity contribution >= 4 is 21.4 Å². The lowest BCUT2D eigenvalue weighted by molar-refractivity contribution is 0.186. The summed E-state index contributed by atoms with van der Waals surface area (Å²) < 4.78 is 6.51. The van der Waals surface area contributed by atoms with Crippen molar-refractivity contribution in [3.8, 4) is 0 Å². The Bertz CT molecular complexity index is 417. The maximum atomic E-state index is 5.15. The lowest BCUT2D eigenvalue weighted by Crippen LogP contribution is -1.87. The fraction of sp³-hybridized carbons (Fsp3) is 0.273. The summed E-state index contributed by atoms with van der Waals surface area (Å²) in [5.74, 6) is 0. The number of benzene rings is 1. The molecule has 0 aliphatic carbocycles. The average Bonchev–Trinajstić information content (AvgIpc) is 2.59. The third-order valence-electron chi connectivity index (χ3n) is 2.22. The lowest BCUT2D eigenvalue weighted by atomic mass is 10.1. The quantitative estimate of drug-likeness (QED) is 0.709. The molecule has 0 fully saturated rings. The highest BCUT2D eigenvalue weighted by molar-refractivity contribution is 7.17. The maximum Gasteiger partial charge on any atom is 0.0727 e. The molecule has 68 valence electrons. The zero-order valence-corrected chi connectivity index (χ0v) is 8.65. The minimum absolute atomic E-state index is 0.706. The van der Waals surface area contributed by atoms with E-state index in [1.54, 1.807) is 18.4 Å². The molecule has 13 heavy (non-hydrogen) atoms. The Morgan fingerprint density at radius 2 is 2.15 bits per heavy atom. The molecule has 2 aromatic rings. The van der Waals surface area contributed by atoms with Crippen LogP contribution >= 0.6 is 11.3 Å². The third kappa shape index (κ3) is 1.47. The zero-order valence-electron chi connectivity index (χ0n) is 7.83. The summed E-state index contributed by atoms with van der Waals surface area (Å²) in [6, 6.07) is 6.48. The molecule has 0 aliphatic rings. The molecule has 1 heterocycles. The van der Waals surface area contributed by atoms with Crippen LogP contribution in [0.3, 0.4) is 0 Å². The Hall–Kier alpha value is -0.860. The van der Waals surface area contributed by atoms with Gasteiger partial charge in [-0.05, 0) is 34.9 Å². The van der Waals surface area contributed by atoms with Gasteiger partial charge in [-0.15, -0.1) is 11.3 Å². The van der Waals surface area contributed by atoms with Crippen LogP contribution in [0.5, 0.6) is 0 Å². The molecule has 0 amide bonds. The Labute approximate surface area is 82.0 Å². The van der Waals surface area contributed by atoms with E-state index in [1.807, 2.05) is 0 Å². The summed E-state index contributed by atoms with van der Waals surface area (Å²) >= 11 is 1.79. The Balaban J connectivity index is 2.64. The van der Waals surface area contributed by atoms with Gasteiger partial charge in [-0.2, -0.15) is 0 Å². The molecule has 0 spiro atoms. The lowest BCUT2D eigenvalue weighted by Gasteiger charge is -2.03. The highest BCUT2D eigenvalue weighted by Gasteiger charge is 2.03. The first-order valence-electron chi connectivity index (χ1n) is 4.27. The van der Waals surface area contributed by atoms with Gasteiger partial charge in [0.2, 0.25) is 0 Å². The summed E-state index contributed by atoms with van der Waals surface area (Å²) in [7, 11) is 1.74. The number of fused-ring (bicyclic) bond motifs is 1. The van der Waals surface area contributed by atoms with Crippen LogP contribution in [0.2, 0.25) is 0 Å². The molecule has 0 aliphatic heterocycles. The van der Waals surface area contributed by atoms with Gasteiger partial charge in [0.25, 0.3) is 0 Å². The highest BCUT2D eigenvalue weighted by atomic mass is 32.1. The van der Waals surface area contributed by atoms with Crippen LogP contribution in [0.1, 0.15) is 11.1 Å². The summed E-state index contributed by atoms with van der Waals surface area (Å²) in [6.45, 7) is 2.85. The molecule has 2 heteroatoms.